The molecule has 0 aromatic heterocycles. The topological polar surface area (TPSA) is 38.8 Å². The van der Waals surface area contributed by atoms with Crippen LogP contribution in [0.15, 0.2) is 0 Å². The normalized spacial score (nSPS) is 33.0. The second kappa shape index (κ2) is 6.63. The number of carbonyl (C=O) groups excluding carboxylic acids is 1. The Labute approximate surface area is 128 Å². The number of carbonyl (C=O) groups is 1. The average Bonchev–Trinajstić information content (AvgIpc) is 2.39. The molecule has 0 saturated carbocycles. The molecule has 21 heavy (non-hydrogen) atoms. The molecule has 0 bridgehead atoms. The van der Waals surface area contributed by atoms with Gasteiger partial charge < -0.3 is 10.2 Å². The number of hydrogen-bond donors (Lipinski definition) is 1. The van der Waals surface area contributed by atoms with E-state index in [2.05, 4.69) is 33.9 Å². The molecule has 0 aliphatic carbocycles. The Morgan fingerprint density at radius 1 is 1.05 bits per heavy atom. The molecule has 2 unspecified atom stereocenters. The zero-order chi connectivity index (χ0) is 14.8. The van der Waals surface area contributed by atoms with Crippen LogP contribution in [0.3, 0.4) is 0 Å². The van der Waals surface area contributed by atoms with E-state index in [4.69, 9.17) is 0 Å². The van der Waals surface area contributed by atoms with Crippen LogP contribution in [0, 0.1) is 0 Å². The summed E-state index contributed by atoms with van der Waals surface area (Å²) in [7, 11) is 0. The number of nitrogens with one attached hydrogen (secondary N) is 1. The predicted octanol–water partition coefficient (Wildman–Crippen LogP) is 0.365. The van der Waals surface area contributed by atoms with Gasteiger partial charge in [0.2, 0.25) is 5.91 Å². The molecule has 0 aromatic carbocycles. The Bertz CT molecular complexity index is 353. The van der Waals surface area contributed by atoms with E-state index < -0.39 is 0 Å². The third kappa shape index (κ3) is 3.41. The minimum absolute atomic E-state index is 0.341. The summed E-state index contributed by atoms with van der Waals surface area (Å²) in [6.45, 7) is 11.6. The molecule has 5 heteroatoms. The van der Waals surface area contributed by atoms with E-state index in [9.17, 15) is 4.79 Å². The summed E-state index contributed by atoms with van der Waals surface area (Å²) in [5.74, 6) is 0.341. The largest absolute Gasteiger partial charge is 0.336 e. The first-order valence-electron chi connectivity index (χ1n) is 8.63. The van der Waals surface area contributed by atoms with E-state index in [0.29, 0.717) is 24.5 Å². The van der Waals surface area contributed by atoms with E-state index >= 15 is 0 Å². The lowest BCUT2D eigenvalue weighted by Gasteiger charge is -2.44. The lowest BCUT2D eigenvalue weighted by atomic mass is 9.97. The highest BCUT2D eigenvalue weighted by Gasteiger charge is 2.32. The van der Waals surface area contributed by atoms with Crippen molar-refractivity contribution in [2.75, 3.05) is 45.8 Å². The fraction of sp³-hybridized carbons (Fsp3) is 0.938. The summed E-state index contributed by atoms with van der Waals surface area (Å²) in [5.41, 5.74) is 0. The van der Waals surface area contributed by atoms with Crippen molar-refractivity contribution < 1.29 is 4.79 Å². The van der Waals surface area contributed by atoms with Gasteiger partial charge in [-0.05, 0) is 33.1 Å². The molecular weight excluding hydrogens is 264 g/mol. The summed E-state index contributed by atoms with van der Waals surface area (Å²) in [6.07, 6.45) is 3.59. The van der Waals surface area contributed by atoms with Gasteiger partial charge in [0.25, 0.3) is 0 Å². The molecule has 3 fully saturated rings. The van der Waals surface area contributed by atoms with Crippen molar-refractivity contribution in [3.63, 3.8) is 0 Å². The number of hydrogen-bond acceptors (Lipinski definition) is 4. The third-order valence-electron chi connectivity index (χ3n) is 5.52. The molecule has 0 radical (unpaired) electrons. The standard InChI is InChI=1S/C16H30N4O/c1-13-4-3-5-14(2)20(13)16(21)12-18-6-8-19(9-7-18)15-10-17-11-15/h13-15,17H,3-12H2,1-2H3. The first-order chi connectivity index (χ1) is 10.1. The second-order valence-corrected chi connectivity index (χ2v) is 7.05. The van der Waals surface area contributed by atoms with E-state index in [1.165, 1.54) is 19.3 Å². The van der Waals surface area contributed by atoms with Gasteiger partial charge in [-0.2, -0.15) is 0 Å². The van der Waals surface area contributed by atoms with Crippen molar-refractivity contribution in [1.82, 2.24) is 20.0 Å². The van der Waals surface area contributed by atoms with Crippen molar-refractivity contribution in [3.05, 3.63) is 0 Å². The minimum atomic E-state index is 0.341. The maximum atomic E-state index is 12.6. The van der Waals surface area contributed by atoms with Crippen LogP contribution in [0.25, 0.3) is 0 Å². The first kappa shape index (κ1) is 15.3. The van der Waals surface area contributed by atoms with Gasteiger partial charge in [-0.1, -0.05) is 0 Å². The maximum absolute atomic E-state index is 12.6. The smallest absolute Gasteiger partial charge is 0.237 e. The minimum Gasteiger partial charge on any atom is -0.336 e. The highest BCUT2D eigenvalue weighted by Crippen LogP contribution is 2.22. The third-order valence-corrected chi connectivity index (χ3v) is 5.52. The van der Waals surface area contributed by atoms with Gasteiger partial charge in [0.1, 0.15) is 0 Å². The van der Waals surface area contributed by atoms with Crippen molar-refractivity contribution in [2.45, 2.75) is 51.2 Å². The number of nitrogens with zero attached hydrogens (tertiary/aromatic N) is 3. The number of piperidine rings is 1. The predicted molar refractivity (Wildman–Crippen MR) is 84.3 cm³/mol. The van der Waals surface area contributed by atoms with Crippen molar-refractivity contribution in [2.24, 2.45) is 0 Å². The fourth-order valence-corrected chi connectivity index (χ4v) is 4.00. The summed E-state index contributed by atoms with van der Waals surface area (Å²) in [4.78, 5) is 19.7. The van der Waals surface area contributed by atoms with Gasteiger partial charge >= 0.3 is 0 Å². The van der Waals surface area contributed by atoms with Gasteiger partial charge in [-0.15, -0.1) is 0 Å². The van der Waals surface area contributed by atoms with Crippen LogP contribution < -0.4 is 5.32 Å². The monoisotopic (exact) mass is 294 g/mol. The zero-order valence-electron chi connectivity index (χ0n) is 13.6. The van der Waals surface area contributed by atoms with Crippen LogP contribution >= 0.6 is 0 Å². The molecule has 3 rings (SSSR count). The number of piperazine rings is 1. The Balaban J connectivity index is 1.46. The summed E-state index contributed by atoms with van der Waals surface area (Å²) in [6, 6.07) is 1.58. The van der Waals surface area contributed by atoms with Crippen LogP contribution in [0.1, 0.15) is 33.1 Å². The van der Waals surface area contributed by atoms with Crippen LogP contribution in [0.4, 0.5) is 0 Å². The molecule has 0 aromatic rings. The highest BCUT2D eigenvalue weighted by molar-refractivity contribution is 5.79. The molecule has 1 N–H and O–H groups in total. The molecule has 5 nitrogen and oxygen atoms in total. The summed E-state index contributed by atoms with van der Waals surface area (Å²) < 4.78 is 0. The van der Waals surface area contributed by atoms with Gasteiger partial charge in [0.15, 0.2) is 0 Å². The van der Waals surface area contributed by atoms with Crippen LogP contribution in [0.5, 0.6) is 0 Å². The summed E-state index contributed by atoms with van der Waals surface area (Å²) in [5, 5.41) is 3.34. The molecular formula is C16H30N4O. The summed E-state index contributed by atoms with van der Waals surface area (Å²) >= 11 is 0. The van der Waals surface area contributed by atoms with Gasteiger partial charge in [0, 0.05) is 57.4 Å². The Hall–Kier alpha value is -0.650. The zero-order valence-corrected chi connectivity index (χ0v) is 13.6. The molecule has 0 spiro atoms. The number of rotatable bonds is 3. The fourth-order valence-electron chi connectivity index (χ4n) is 4.00. The van der Waals surface area contributed by atoms with Crippen LogP contribution in [0.2, 0.25) is 0 Å². The molecule has 2 atom stereocenters. The lowest BCUT2D eigenvalue weighted by Crippen LogP contribution is -2.62. The quantitative estimate of drug-likeness (QED) is 0.816. The molecule has 3 aliphatic rings. The van der Waals surface area contributed by atoms with Crippen molar-refractivity contribution >= 4 is 5.91 Å². The van der Waals surface area contributed by atoms with E-state index in [1.54, 1.807) is 0 Å². The van der Waals surface area contributed by atoms with Crippen molar-refractivity contribution in [3.8, 4) is 0 Å². The van der Waals surface area contributed by atoms with Gasteiger partial charge in [-0.25, -0.2) is 0 Å². The SMILES string of the molecule is CC1CCCC(C)N1C(=O)CN1CCN(C2CNC2)CC1. The molecule has 120 valence electrons. The Morgan fingerprint density at radius 3 is 2.19 bits per heavy atom. The molecule has 3 saturated heterocycles. The van der Waals surface area contributed by atoms with E-state index in [-0.39, 0.29) is 0 Å². The van der Waals surface area contributed by atoms with Crippen LogP contribution in [-0.2, 0) is 4.79 Å². The molecule has 3 heterocycles. The molecule has 1 amide bonds. The maximum Gasteiger partial charge on any atom is 0.237 e. The molecule has 3 aliphatic heterocycles. The van der Waals surface area contributed by atoms with Crippen LogP contribution in [-0.4, -0.2) is 84.5 Å². The van der Waals surface area contributed by atoms with Gasteiger partial charge in [-0.3, -0.25) is 14.6 Å². The average molecular weight is 294 g/mol. The number of likely N-dealkylation sites (tertiary alicyclic amines) is 1. The highest BCUT2D eigenvalue weighted by atomic mass is 16.2. The Morgan fingerprint density at radius 2 is 1.67 bits per heavy atom. The van der Waals surface area contributed by atoms with Crippen molar-refractivity contribution in [1.29, 1.82) is 0 Å². The Kier molecular flexibility index (Phi) is 4.82. The number of amides is 1. The lowest BCUT2D eigenvalue weighted by molar-refractivity contribution is -0.139. The van der Waals surface area contributed by atoms with E-state index in [0.717, 1.165) is 45.3 Å². The van der Waals surface area contributed by atoms with E-state index in [1.807, 2.05) is 0 Å². The van der Waals surface area contributed by atoms with Gasteiger partial charge in [0.05, 0.1) is 6.54 Å². The first-order valence-corrected chi connectivity index (χ1v) is 8.63. The second-order valence-electron chi connectivity index (χ2n) is 7.05.